The Morgan fingerprint density at radius 1 is 0.864 bits per heavy atom. The SMILES string of the molecule is CCC(C)C(N)C(=O)NC(CCC(N)=O)C(=O)NC(Cc1c[nH]c2ccccc12)C(=O)NC(Cc1ccc(O)cc1)C(=O)O. The van der Waals surface area contributed by atoms with E-state index in [0.717, 1.165) is 10.9 Å². The standard InChI is InChI=1S/C31H40N6O7/c1-3-17(2)27(33)30(42)35-23(12-13-26(32)39)28(40)36-24(15-19-16-34-22-7-5-4-6-21(19)22)29(41)37-25(31(43)44)14-18-8-10-20(38)11-9-18/h4-11,16-17,23-25,27,34,38H,3,12-15,33H2,1-2H3,(H2,32,39)(H,35,42)(H,36,40)(H,37,41)(H,43,44). The Kier molecular flexibility index (Phi) is 11.9. The number of fused-ring (bicyclic) bond motifs is 1. The molecule has 5 unspecified atom stereocenters. The van der Waals surface area contributed by atoms with Gasteiger partial charge in [-0.3, -0.25) is 19.2 Å². The number of phenols is 1. The summed E-state index contributed by atoms with van der Waals surface area (Å²) in [6.07, 6.45) is 1.86. The van der Waals surface area contributed by atoms with Gasteiger partial charge in [-0.2, -0.15) is 0 Å². The van der Waals surface area contributed by atoms with E-state index >= 15 is 0 Å². The van der Waals surface area contributed by atoms with E-state index in [0.29, 0.717) is 17.5 Å². The number of H-pyrrole nitrogens is 1. The fraction of sp³-hybridized carbons (Fsp3) is 0.387. The van der Waals surface area contributed by atoms with Crippen LogP contribution in [-0.2, 0) is 36.8 Å². The molecule has 0 aliphatic heterocycles. The average molecular weight is 609 g/mol. The van der Waals surface area contributed by atoms with Gasteiger partial charge in [-0.05, 0) is 41.7 Å². The van der Waals surface area contributed by atoms with E-state index in [2.05, 4.69) is 20.9 Å². The number of hydrogen-bond donors (Lipinski definition) is 8. The molecule has 3 rings (SSSR count). The Morgan fingerprint density at radius 3 is 2.11 bits per heavy atom. The van der Waals surface area contributed by atoms with E-state index in [1.807, 2.05) is 31.2 Å². The predicted octanol–water partition coefficient (Wildman–Crippen LogP) is 0.837. The molecule has 44 heavy (non-hydrogen) atoms. The molecule has 0 spiro atoms. The van der Waals surface area contributed by atoms with Crippen molar-refractivity contribution in [2.24, 2.45) is 17.4 Å². The number of aromatic nitrogens is 1. The van der Waals surface area contributed by atoms with Crippen LogP contribution in [0.4, 0.5) is 0 Å². The van der Waals surface area contributed by atoms with Crippen LogP contribution in [0.1, 0.15) is 44.2 Å². The molecule has 0 bridgehead atoms. The van der Waals surface area contributed by atoms with Crippen molar-refractivity contribution in [3.8, 4) is 5.75 Å². The summed E-state index contributed by atoms with van der Waals surface area (Å²) in [5.41, 5.74) is 13.4. The molecular weight excluding hydrogens is 568 g/mol. The number of primary amides is 1. The van der Waals surface area contributed by atoms with Crippen LogP contribution >= 0.6 is 0 Å². The minimum absolute atomic E-state index is 0.00857. The number of aliphatic carboxylic acids is 1. The number of hydrogen-bond acceptors (Lipinski definition) is 7. The Balaban J connectivity index is 1.88. The van der Waals surface area contributed by atoms with Gasteiger partial charge in [0.25, 0.3) is 0 Å². The maximum absolute atomic E-state index is 13.6. The zero-order valence-electron chi connectivity index (χ0n) is 24.7. The van der Waals surface area contributed by atoms with Crippen molar-refractivity contribution < 1.29 is 34.2 Å². The summed E-state index contributed by atoms with van der Waals surface area (Å²) in [6, 6.07) is 8.47. The number of aromatic amines is 1. The van der Waals surface area contributed by atoms with E-state index in [9.17, 15) is 34.2 Å². The summed E-state index contributed by atoms with van der Waals surface area (Å²) in [4.78, 5) is 66.8. The summed E-state index contributed by atoms with van der Waals surface area (Å²) >= 11 is 0. The molecule has 2 aromatic carbocycles. The van der Waals surface area contributed by atoms with Crippen LogP contribution in [-0.4, -0.2) is 69.0 Å². The first-order valence-electron chi connectivity index (χ1n) is 14.4. The second-order valence-electron chi connectivity index (χ2n) is 10.9. The van der Waals surface area contributed by atoms with Crippen molar-refractivity contribution in [2.45, 2.75) is 70.1 Å². The number of amides is 4. The highest BCUT2D eigenvalue weighted by Gasteiger charge is 2.32. The van der Waals surface area contributed by atoms with Crippen molar-refractivity contribution in [1.29, 1.82) is 0 Å². The number of carbonyl (C=O) groups excluding carboxylic acids is 4. The zero-order chi connectivity index (χ0) is 32.4. The van der Waals surface area contributed by atoms with E-state index in [4.69, 9.17) is 11.5 Å². The molecule has 13 nitrogen and oxygen atoms in total. The maximum Gasteiger partial charge on any atom is 0.326 e. The first-order chi connectivity index (χ1) is 20.9. The van der Waals surface area contributed by atoms with Gasteiger partial charge < -0.3 is 42.6 Å². The lowest BCUT2D eigenvalue weighted by Gasteiger charge is -2.26. The third-order valence-corrected chi connectivity index (χ3v) is 7.59. The second kappa shape index (κ2) is 15.5. The number of nitrogens with one attached hydrogen (secondary N) is 4. The molecule has 236 valence electrons. The molecule has 3 aromatic rings. The predicted molar refractivity (Wildman–Crippen MR) is 163 cm³/mol. The Morgan fingerprint density at radius 2 is 1.48 bits per heavy atom. The number of carboxylic acids is 1. The molecule has 1 heterocycles. The first kappa shape index (κ1) is 33.6. The number of para-hydroxylation sites is 1. The monoisotopic (exact) mass is 608 g/mol. The van der Waals surface area contributed by atoms with Crippen molar-refractivity contribution in [2.75, 3.05) is 0 Å². The van der Waals surface area contributed by atoms with Crippen LogP contribution in [0.5, 0.6) is 5.75 Å². The number of rotatable bonds is 16. The van der Waals surface area contributed by atoms with Crippen LogP contribution in [0.3, 0.4) is 0 Å². The van der Waals surface area contributed by atoms with Crippen molar-refractivity contribution in [3.63, 3.8) is 0 Å². The van der Waals surface area contributed by atoms with E-state index in [-0.39, 0.29) is 37.4 Å². The normalized spacial score (nSPS) is 14.5. The van der Waals surface area contributed by atoms with E-state index in [1.54, 1.807) is 25.3 Å². The summed E-state index contributed by atoms with van der Waals surface area (Å²) in [5, 5.41) is 28.0. The molecule has 0 aliphatic carbocycles. The van der Waals surface area contributed by atoms with Crippen LogP contribution in [0, 0.1) is 5.92 Å². The van der Waals surface area contributed by atoms with Crippen LogP contribution in [0.25, 0.3) is 10.9 Å². The molecule has 0 radical (unpaired) electrons. The lowest BCUT2D eigenvalue weighted by Crippen LogP contribution is -2.58. The van der Waals surface area contributed by atoms with Gasteiger partial charge in [0.1, 0.15) is 23.9 Å². The second-order valence-corrected chi connectivity index (χ2v) is 10.9. The van der Waals surface area contributed by atoms with Gasteiger partial charge in [0.05, 0.1) is 6.04 Å². The molecule has 0 aliphatic rings. The fourth-order valence-electron chi connectivity index (χ4n) is 4.68. The quantitative estimate of drug-likeness (QED) is 0.116. The fourth-order valence-corrected chi connectivity index (χ4v) is 4.68. The number of carboxylic acid groups (broad SMARTS) is 1. The topological polar surface area (TPSA) is 230 Å². The molecule has 1 aromatic heterocycles. The molecular formula is C31H40N6O7. The molecule has 5 atom stereocenters. The van der Waals surface area contributed by atoms with Gasteiger partial charge in [0.15, 0.2) is 0 Å². The third-order valence-electron chi connectivity index (χ3n) is 7.59. The van der Waals surface area contributed by atoms with Gasteiger partial charge in [0, 0.05) is 36.4 Å². The van der Waals surface area contributed by atoms with Gasteiger partial charge in [-0.15, -0.1) is 0 Å². The van der Waals surface area contributed by atoms with Crippen molar-refractivity contribution >= 4 is 40.5 Å². The first-order valence-corrected chi connectivity index (χ1v) is 14.4. The largest absolute Gasteiger partial charge is 0.508 e. The van der Waals surface area contributed by atoms with Crippen LogP contribution in [0.2, 0.25) is 0 Å². The average Bonchev–Trinajstić information content (AvgIpc) is 3.40. The van der Waals surface area contributed by atoms with Gasteiger partial charge in [-0.1, -0.05) is 50.6 Å². The lowest BCUT2D eigenvalue weighted by molar-refractivity contribution is -0.142. The summed E-state index contributed by atoms with van der Waals surface area (Å²) < 4.78 is 0. The Hall–Kier alpha value is -4.91. The van der Waals surface area contributed by atoms with Crippen LogP contribution < -0.4 is 27.4 Å². The summed E-state index contributed by atoms with van der Waals surface area (Å²) in [7, 11) is 0. The lowest BCUT2D eigenvalue weighted by atomic mass is 9.98. The van der Waals surface area contributed by atoms with Gasteiger partial charge in [0.2, 0.25) is 23.6 Å². The number of carbonyl (C=O) groups is 5. The van der Waals surface area contributed by atoms with Gasteiger partial charge >= 0.3 is 5.97 Å². The summed E-state index contributed by atoms with van der Waals surface area (Å²) in [6.45, 7) is 3.66. The molecule has 13 heteroatoms. The van der Waals surface area contributed by atoms with Crippen molar-refractivity contribution in [3.05, 3.63) is 65.9 Å². The molecule has 0 saturated carbocycles. The molecule has 0 saturated heterocycles. The third kappa shape index (κ3) is 9.30. The summed E-state index contributed by atoms with van der Waals surface area (Å²) in [5.74, 6) is -4.29. The minimum atomic E-state index is -1.35. The Bertz CT molecular complexity index is 1470. The van der Waals surface area contributed by atoms with E-state index in [1.165, 1.54) is 12.1 Å². The van der Waals surface area contributed by atoms with Crippen molar-refractivity contribution in [1.82, 2.24) is 20.9 Å². The number of aromatic hydroxyl groups is 1. The highest BCUT2D eigenvalue weighted by Crippen LogP contribution is 2.20. The number of nitrogens with two attached hydrogens (primary N) is 2. The van der Waals surface area contributed by atoms with E-state index < -0.39 is 53.8 Å². The molecule has 10 N–H and O–H groups in total. The number of benzene rings is 2. The highest BCUT2D eigenvalue weighted by molar-refractivity contribution is 5.95. The Labute approximate surface area is 254 Å². The molecule has 0 fully saturated rings. The van der Waals surface area contributed by atoms with Gasteiger partial charge in [-0.25, -0.2) is 4.79 Å². The highest BCUT2D eigenvalue weighted by atomic mass is 16.4. The minimum Gasteiger partial charge on any atom is -0.508 e. The smallest absolute Gasteiger partial charge is 0.326 e. The molecule has 4 amide bonds. The van der Waals surface area contributed by atoms with Crippen LogP contribution in [0.15, 0.2) is 54.7 Å². The number of phenolic OH excluding ortho intramolecular Hbond substituents is 1. The maximum atomic E-state index is 13.6. The zero-order valence-corrected chi connectivity index (χ0v) is 24.7.